The molecule has 2 aliphatic rings. The van der Waals surface area contributed by atoms with Gasteiger partial charge in [0.05, 0.1) is 0 Å². The molecular weight excluding hydrogens is 214 g/mol. The lowest BCUT2D eigenvalue weighted by atomic mass is 10.0. The van der Waals surface area contributed by atoms with Crippen LogP contribution in [0, 0.1) is 0 Å². The first-order valence-electron chi connectivity index (χ1n) is 6.31. The number of rotatable bonds is 3. The lowest BCUT2D eigenvalue weighted by Crippen LogP contribution is -2.43. The van der Waals surface area contributed by atoms with E-state index in [0.717, 1.165) is 32.4 Å². The fourth-order valence-electron chi connectivity index (χ4n) is 2.76. The van der Waals surface area contributed by atoms with Gasteiger partial charge in [0.25, 0.3) is 0 Å². The highest BCUT2D eigenvalue weighted by molar-refractivity contribution is 5.78. The molecule has 0 N–H and O–H groups in total. The van der Waals surface area contributed by atoms with Gasteiger partial charge in [-0.3, -0.25) is 9.69 Å². The van der Waals surface area contributed by atoms with Crippen molar-refractivity contribution < 1.29 is 9.53 Å². The normalized spacial score (nSPS) is 28.1. The number of carbonyl (C=O) groups is 1. The lowest BCUT2D eigenvalue weighted by molar-refractivity contribution is -0.143. The number of esters is 1. The van der Waals surface area contributed by atoms with Crippen LogP contribution in [0.3, 0.4) is 0 Å². The van der Waals surface area contributed by atoms with Crippen LogP contribution in [0.2, 0.25) is 0 Å². The van der Waals surface area contributed by atoms with E-state index in [0.29, 0.717) is 0 Å². The SMILES string of the molecule is O=C1OC2CCN(CCc3ccccc3)C1C2. The van der Waals surface area contributed by atoms with Gasteiger partial charge in [0.2, 0.25) is 0 Å². The summed E-state index contributed by atoms with van der Waals surface area (Å²) < 4.78 is 5.29. The van der Waals surface area contributed by atoms with Crippen molar-refractivity contribution in [2.45, 2.75) is 31.4 Å². The second-order valence-corrected chi connectivity index (χ2v) is 4.87. The monoisotopic (exact) mass is 231 g/mol. The summed E-state index contributed by atoms with van der Waals surface area (Å²) >= 11 is 0. The third-order valence-corrected chi connectivity index (χ3v) is 3.75. The zero-order valence-corrected chi connectivity index (χ0v) is 9.84. The van der Waals surface area contributed by atoms with Gasteiger partial charge in [-0.25, -0.2) is 0 Å². The summed E-state index contributed by atoms with van der Waals surface area (Å²) in [5.74, 6) is -0.0134. The van der Waals surface area contributed by atoms with Crippen molar-refractivity contribution >= 4 is 5.97 Å². The minimum absolute atomic E-state index is 0.0134. The number of ether oxygens (including phenoxy) is 1. The van der Waals surface area contributed by atoms with Crippen LogP contribution in [0.1, 0.15) is 18.4 Å². The molecule has 2 unspecified atom stereocenters. The minimum atomic E-state index is -0.0134. The van der Waals surface area contributed by atoms with Crippen molar-refractivity contribution in [2.24, 2.45) is 0 Å². The molecule has 3 rings (SSSR count). The largest absolute Gasteiger partial charge is 0.461 e. The smallest absolute Gasteiger partial charge is 0.323 e. The fourth-order valence-corrected chi connectivity index (χ4v) is 2.76. The summed E-state index contributed by atoms with van der Waals surface area (Å²) in [6.45, 7) is 1.95. The Kier molecular flexibility index (Phi) is 2.85. The summed E-state index contributed by atoms with van der Waals surface area (Å²) in [4.78, 5) is 13.9. The van der Waals surface area contributed by atoms with Crippen molar-refractivity contribution in [3.05, 3.63) is 35.9 Å². The highest BCUT2D eigenvalue weighted by Gasteiger charge is 2.42. The minimum Gasteiger partial charge on any atom is -0.461 e. The number of likely N-dealkylation sites (tertiary alicyclic amines) is 1. The Hall–Kier alpha value is -1.35. The standard InChI is InChI=1S/C14H17NO2/c16-14-13-10-12(17-14)7-9-15(13)8-6-11-4-2-1-3-5-11/h1-5,12-13H,6-10H2. The Morgan fingerprint density at radius 1 is 1.29 bits per heavy atom. The molecule has 0 radical (unpaired) electrons. The van der Waals surface area contributed by atoms with E-state index in [9.17, 15) is 4.79 Å². The van der Waals surface area contributed by atoms with E-state index in [1.165, 1.54) is 5.56 Å². The number of benzene rings is 1. The molecule has 2 bridgehead atoms. The fraction of sp³-hybridized carbons (Fsp3) is 0.500. The topological polar surface area (TPSA) is 29.5 Å². The predicted molar refractivity (Wildman–Crippen MR) is 64.6 cm³/mol. The number of piperidine rings is 1. The van der Waals surface area contributed by atoms with Crippen molar-refractivity contribution in [3.8, 4) is 0 Å². The van der Waals surface area contributed by atoms with Gasteiger partial charge >= 0.3 is 5.97 Å². The van der Waals surface area contributed by atoms with Gasteiger partial charge in [-0.2, -0.15) is 0 Å². The molecule has 2 fully saturated rings. The molecule has 2 atom stereocenters. The van der Waals surface area contributed by atoms with Crippen LogP contribution < -0.4 is 0 Å². The first kappa shape index (κ1) is 10.8. The van der Waals surface area contributed by atoms with Gasteiger partial charge in [-0.15, -0.1) is 0 Å². The zero-order chi connectivity index (χ0) is 11.7. The lowest BCUT2D eigenvalue weighted by Gasteiger charge is -2.29. The molecule has 3 heteroatoms. The molecule has 0 aromatic heterocycles. The van der Waals surface area contributed by atoms with Crippen molar-refractivity contribution in [3.63, 3.8) is 0 Å². The van der Waals surface area contributed by atoms with Gasteiger partial charge in [-0.1, -0.05) is 30.3 Å². The first-order valence-corrected chi connectivity index (χ1v) is 6.31. The van der Waals surface area contributed by atoms with E-state index in [1.807, 2.05) is 6.07 Å². The van der Waals surface area contributed by atoms with Crippen molar-refractivity contribution in [2.75, 3.05) is 13.1 Å². The quantitative estimate of drug-likeness (QED) is 0.740. The molecule has 2 saturated heterocycles. The van der Waals surface area contributed by atoms with Gasteiger partial charge < -0.3 is 4.74 Å². The second kappa shape index (κ2) is 4.49. The summed E-state index contributed by atoms with van der Waals surface area (Å²) in [5.41, 5.74) is 1.33. The average Bonchev–Trinajstić information content (AvgIpc) is 2.66. The molecule has 90 valence electrons. The van der Waals surface area contributed by atoms with Gasteiger partial charge in [-0.05, 0) is 18.4 Å². The average molecular weight is 231 g/mol. The van der Waals surface area contributed by atoms with Crippen LogP contribution in [0.25, 0.3) is 0 Å². The number of fused-ring (bicyclic) bond motifs is 2. The summed E-state index contributed by atoms with van der Waals surface area (Å²) in [6, 6.07) is 10.5. The Morgan fingerprint density at radius 2 is 2.12 bits per heavy atom. The van der Waals surface area contributed by atoms with Gasteiger partial charge in [0.1, 0.15) is 12.1 Å². The molecule has 2 aliphatic heterocycles. The third-order valence-electron chi connectivity index (χ3n) is 3.75. The number of carbonyl (C=O) groups excluding carboxylic acids is 1. The second-order valence-electron chi connectivity index (χ2n) is 4.87. The van der Waals surface area contributed by atoms with Crippen LogP contribution in [-0.4, -0.2) is 36.1 Å². The highest BCUT2D eigenvalue weighted by Crippen LogP contribution is 2.28. The van der Waals surface area contributed by atoms with Crippen LogP contribution in [-0.2, 0) is 16.0 Å². The number of hydrogen-bond donors (Lipinski definition) is 0. The van der Waals surface area contributed by atoms with Crippen LogP contribution >= 0.6 is 0 Å². The molecule has 3 nitrogen and oxygen atoms in total. The van der Waals surface area contributed by atoms with Crippen molar-refractivity contribution in [1.29, 1.82) is 0 Å². The molecular formula is C14H17NO2. The predicted octanol–water partition coefficient (Wildman–Crippen LogP) is 1.62. The number of hydrogen-bond acceptors (Lipinski definition) is 3. The van der Waals surface area contributed by atoms with E-state index in [-0.39, 0.29) is 18.1 Å². The maximum absolute atomic E-state index is 11.6. The molecule has 17 heavy (non-hydrogen) atoms. The van der Waals surface area contributed by atoms with Gasteiger partial charge in [0, 0.05) is 19.5 Å². The van der Waals surface area contributed by atoms with E-state index >= 15 is 0 Å². The maximum atomic E-state index is 11.6. The molecule has 0 saturated carbocycles. The Bertz CT molecular complexity index is 404. The molecule has 2 heterocycles. The van der Waals surface area contributed by atoms with Crippen molar-refractivity contribution in [1.82, 2.24) is 4.90 Å². The zero-order valence-electron chi connectivity index (χ0n) is 9.84. The third kappa shape index (κ3) is 2.20. The molecule has 0 spiro atoms. The van der Waals surface area contributed by atoms with E-state index in [1.54, 1.807) is 0 Å². The summed E-state index contributed by atoms with van der Waals surface area (Å²) in [7, 11) is 0. The summed E-state index contributed by atoms with van der Waals surface area (Å²) in [6.07, 6.45) is 3.10. The van der Waals surface area contributed by atoms with E-state index in [4.69, 9.17) is 4.74 Å². The maximum Gasteiger partial charge on any atom is 0.323 e. The molecule has 0 aliphatic carbocycles. The molecule has 1 aromatic carbocycles. The first-order chi connectivity index (χ1) is 8.33. The Morgan fingerprint density at radius 3 is 2.94 bits per heavy atom. The van der Waals surface area contributed by atoms with Crippen LogP contribution in [0.5, 0.6) is 0 Å². The summed E-state index contributed by atoms with van der Waals surface area (Å²) in [5, 5.41) is 0. The Balaban J connectivity index is 1.60. The van der Waals surface area contributed by atoms with E-state index < -0.39 is 0 Å². The number of nitrogens with zero attached hydrogens (tertiary/aromatic N) is 1. The van der Waals surface area contributed by atoms with Gasteiger partial charge in [0.15, 0.2) is 0 Å². The van der Waals surface area contributed by atoms with Crippen LogP contribution in [0.4, 0.5) is 0 Å². The Labute approximate surface area is 101 Å². The van der Waals surface area contributed by atoms with E-state index in [2.05, 4.69) is 29.2 Å². The highest BCUT2D eigenvalue weighted by atomic mass is 16.6. The molecule has 0 amide bonds. The van der Waals surface area contributed by atoms with Crippen LogP contribution in [0.15, 0.2) is 30.3 Å². The molecule has 1 aromatic rings.